The zero-order chi connectivity index (χ0) is 23.4. The number of halogens is 1. The van der Waals surface area contributed by atoms with E-state index in [1.165, 1.54) is 0 Å². The van der Waals surface area contributed by atoms with Crippen molar-refractivity contribution in [3.8, 4) is 11.5 Å². The molecule has 33 heavy (non-hydrogen) atoms. The first-order valence-electron chi connectivity index (χ1n) is 11.2. The molecule has 0 saturated carbocycles. The molecule has 1 aromatic heterocycles. The lowest BCUT2D eigenvalue weighted by molar-refractivity contribution is 0.0525. The van der Waals surface area contributed by atoms with Crippen LogP contribution in [0.5, 0.6) is 11.5 Å². The molecule has 172 valence electrons. The van der Waals surface area contributed by atoms with E-state index in [0.29, 0.717) is 17.9 Å². The summed E-state index contributed by atoms with van der Waals surface area (Å²) in [5.41, 5.74) is 2.30. The molecule has 0 amide bonds. The van der Waals surface area contributed by atoms with Gasteiger partial charge >= 0.3 is 5.97 Å². The zero-order valence-corrected chi connectivity index (χ0v) is 20.8. The molecule has 3 aromatic carbocycles. The summed E-state index contributed by atoms with van der Waals surface area (Å²) in [7, 11) is 1.62. The zero-order valence-electron chi connectivity index (χ0n) is 19.2. The van der Waals surface area contributed by atoms with Crippen molar-refractivity contribution in [1.29, 1.82) is 0 Å². The topological polar surface area (TPSA) is 49.7 Å². The number of unbranched alkanes of at least 4 members (excludes halogenated alkanes) is 1. The normalized spacial score (nSPS) is 11.2. The van der Waals surface area contributed by atoms with E-state index in [-0.39, 0.29) is 12.6 Å². The van der Waals surface area contributed by atoms with Crippen molar-refractivity contribution in [2.45, 2.75) is 39.8 Å². The van der Waals surface area contributed by atoms with Gasteiger partial charge in [-0.1, -0.05) is 43.7 Å². The van der Waals surface area contributed by atoms with Crippen LogP contribution in [0.25, 0.3) is 21.7 Å². The van der Waals surface area contributed by atoms with Gasteiger partial charge in [-0.05, 0) is 64.3 Å². The number of aryl methyl sites for hydroxylation is 1. The van der Waals surface area contributed by atoms with Gasteiger partial charge in [-0.3, -0.25) is 0 Å². The Morgan fingerprint density at radius 3 is 2.55 bits per heavy atom. The van der Waals surface area contributed by atoms with Crippen molar-refractivity contribution in [3.05, 3.63) is 70.3 Å². The first-order valence-corrected chi connectivity index (χ1v) is 12.0. The minimum atomic E-state index is -0.348. The number of methoxy groups -OCH3 is 1. The number of hydrogen-bond donors (Lipinski definition) is 0. The third-order valence-electron chi connectivity index (χ3n) is 5.76. The number of fused-ring (bicyclic) bond motifs is 2. The van der Waals surface area contributed by atoms with Crippen LogP contribution in [0, 0.1) is 0 Å². The summed E-state index contributed by atoms with van der Waals surface area (Å²) in [6, 6.07) is 18.1. The second-order valence-corrected chi connectivity index (χ2v) is 8.70. The van der Waals surface area contributed by atoms with Crippen LogP contribution in [0.15, 0.2) is 59.1 Å². The molecule has 1 heterocycles. The van der Waals surface area contributed by atoms with Gasteiger partial charge < -0.3 is 18.8 Å². The summed E-state index contributed by atoms with van der Waals surface area (Å²) in [5.74, 6) is 1.08. The molecule has 0 spiro atoms. The second-order valence-electron chi connectivity index (χ2n) is 7.85. The fourth-order valence-corrected chi connectivity index (χ4v) is 4.61. The predicted octanol–water partition coefficient (Wildman–Crippen LogP) is 7.12. The molecule has 0 N–H and O–H groups in total. The number of carbonyl (C=O) groups excluding carboxylic acids is 1. The van der Waals surface area contributed by atoms with Crippen molar-refractivity contribution in [2.75, 3.05) is 13.7 Å². The van der Waals surface area contributed by atoms with E-state index in [2.05, 4.69) is 39.6 Å². The largest absolute Gasteiger partial charge is 0.496 e. The number of rotatable bonds is 9. The maximum Gasteiger partial charge on any atom is 0.340 e. The van der Waals surface area contributed by atoms with Gasteiger partial charge in [0.05, 0.1) is 35.0 Å². The molecule has 0 atom stereocenters. The Kier molecular flexibility index (Phi) is 7.23. The lowest BCUT2D eigenvalue weighted by Crippen LogP contribution is -2.13. The molecule has 0 fully saturated rings. The number of esters is 1. The Bertz CT molecular complexity index is 1290. The highest BCUT2D eigenvalue weighted by molar-refractivity contribution is 9.10. The molecular weight excluding hydrogens is 482 g/mol. The van der Waals surface area contributed by atoms with Gasteiger partial charge in [0.15, 0.2) is 0 Å². The maximum absolute atomic E-state index is 13.1. The van der Waals surface area contributed by atoms with Crippen LogP contribution in [-0.2, 0) is 17.9 Å². The molecule has 4 rings (SSSR count). The number of ether oxygens (including phenoxy) is 3. The minimum Gasteiger partial charge on any atom is -0.496 e. The second kappa shape index (κ2) is 10.3. The molecule has 0 saturated heterocycles. The minimum absolute atomic E-state index is 0.255. The van der Waals surface area contributed by atoms with Gasteiger partial charge in [0, 0.05) is 11.9 Å². The van der Waals surface area contributed by atoms with E-state index in [0.717, 1.165) is 57.0 Å². The van der Waals surface area contributed by atoms with E-state index >= 15 is 0 Å². The molecule has 0 aliphatic carbocycles. The first-order chi connectivity index (χ1) is 16.1. The van der Waals surface area contributed by atoms with Crippen LogP contribution in [0.1, 0.15) is 42.7 Å². The lowest BCUT2D eigenvalue weighted by atomic mass is 10.1. The Morgan fingerprint density at radius 1 is 1.03 bits per heavy atom. The molecule has 0 bridgehead atoms. The molecule has 6 heteroatoms. The molecule has 0 radical (unpaired) electrons. The van der Waals surface area contributed by atoms with Crippen molar-refractivity contribution in [1.82, 2.24) is 4.57 Å². The summed E-state index contributed by atoms with van der Waals surface area (Å²) in [5, 5.41) is 3.08. The van der Waals surface area contributed by atoms with Gasteiger partial charge in [-0.15, -0.1) is 0 Å². The maximum atomic E-state index is 13.1. The molecular formula is C27H28BrNO4. The first kappa shape index (κ1) is 23.2. The Hall–Kier alpha value is -2.99. The average molecular weight is 510 g/mol. The number of aromatic nitrogens is 1. The van der Waals surface area contributed by atoms with Crippen molar-refractivity contribution in [3.63, 3.8) is 0 Å². The highest BCUT2D eigenvalue weighted by atomic mass is 79.9. The summed E-state index contributed by atoms with van der Waals surface area (Å²) in [6.07, 6.45) is 2.02. The van der Waals surface area contributed by atoms with E-state index < -0.39 is 0 Å². The Labute approximate surface area is 202 Å². The standard InChI is InChI=1S/C27H28BrNO4/c1-4-6-13-29-23-16-22(28)25(31-3)15-21(23)26(27(30)32-5-2)24(29)17-33-20-12-11-18-9-7-8-10-19(18)14-20/h7-12,14-16H,4-6,13,17H2,1-3H3. The SMILES string of the molecule is CCCCn1c(COc2ccc3ccccc3c2)c(C(=O)OCC)c2cc(OC)c(Br)cc21. The fraction of sp³-hybridized carbons (Fsp3) is 0.296. The van der Waals surface area contributed by atoms with Crippen LogP contribution < -0.4 is 9.47 Å². The van der Waals surface area contributed by atoms with Crippen LogP contribution in [-0.4, -0.2) is 24.3 Å². The number of benzene rings is 3. The highest BCUT2D eigenvalue weighted by Gasteiger charge is 2.25. The fourth-order valence-electron chi connectivity index (χ4n) is 4.12. The molecule has 0 aliphatic heterocycles. The summed E-state index contributed by atoms with van der Waals surface area (Å²) in [6.45, 7) is 5.31. The molecule has 0 aliphatic rings. The van der Waals surface area contributed by atoms with E-state index in [9.17, 15) is 4.79 Å². The quantitative estimate of drug-likeness (QED) is 0.225. The van der Waals surface area contributed by atoms with Crippen LogP contribution >= 0.6 is 15.9 Å². The van der Waals surface area contributed by atoms with Gasteiger partial charge in [-0.2, -0.15) is 0 Å². The number of nitrogens with zero attached hydrogens (tertiary/aromatic N) is 1. The molecule has 0 unspecified atom stereocenters. The van der Waals surface area contributed by atoms with Gasteiger partial charge in [-0.25, -0.2) is 4.79 Å². The predicted molar refractivity (Wildman–Crippen MR) is 135 cm³/mol. The smallest absolute Gasteiger partial charge is 0.340 e. The van der Waals surface area contributed by atoms with Crippen molar-refractivity contribution >= 4 is 43.6 Å². The number of hydrogen-bond acceptors (Lipinski definition) is 4. The number of carbonyl (C=O) groups is 1. The third-order valence-corrected chi connectivity index (χ3v) is 6.38. The third kappa shape index (κ3) is 4.71. The highest BCUT2D eigenvalue weighted by Crippen LogP contribution is 2.36. The summed E-state index contributed by atoms with van der Waals surface area (Å²) in [4.78, 5) is 13.1. The van der Waals surface area contributed by atoms with Crippen LogP contribution in [0.2, 0.25) is 0 Å². The van der Waals surface area contributed by atoms with Crippen LogP contribution in [0.4, 0.5) is 0 Å². The van der Waals surface area contributed by atoms with Gasteiger partial charge in [0.2, 0.25) is 0 Å². The van der Waals surface area contributed by atoms with Crippen molar-refractivity contribution in [2.24, 2.45) is 0 Å². The summed E-state index contributed by atoms with van der Waals surface area (Å²) < 4.78 is 20.2. The Balaban J connectivity index is 1.82. The molecule has 4 aromatic rings. The van der Waals surface area contributed by atoms with Crippen molar-refractivity contribution < 1.29 is 19.0 Å². The van der Waals surface area contributed by atoms with E-state index in [4.69, 9.17) is 14.2 Å². The van der Waals surface area contributed by atoms with E-state index in [1.807, 2.05) is 49.4 Å². The monoisotopic (exact) mass is 509 g/mol. The summed E-state index contributed by atoms with van der Waals surface area (Å²) >= 11 is 3.59. The lowest BCUT2D eigenvalue weighted by Gasteiger charge is -2.14. The van der Waals surface area contributed by atoms with Gasteiger partial charge in [0.25, 0.3) is 0 Å². The van der Waals surface area contributed by atoms with Gasteiger partial charge in [0.1, 0.15) is 18.1 Å². The van der Waals surface area contributed by atoms with Crippen LogP contribution in [0.3, 0.4) is 0 Å². The average Bonchev–Trinajstić information content (AvgIpc) is 3.12. The molecule has 5 nitrogen and oxygen atoms in total. The van der Waals surface area contributed by atoms with E-state index in [1.54, 1.807) is 7.11 Å². The Morgan fingerprint density at radius 2 is 1.82 bits per heavy atom.